The van der Waals surface area contributed by atoms with Crippen molar-refractivity contribution in [2.75, 3.05) is 0 Å². The number of carbonyl (C=O) groups is 2. The molecule has 1 amide bonds. The summed E-state index contributed by atoms with van der Waals surface area (Å²) in [7, 11) is 0. The monoisotopic (exact) mass is 342 g/mol. The van der Waals surface area contributed by atoms with Crippen molar-refractivity contribution in [3.8, 4) is 0 Å². The first kappa shape index (κ1) is 17.2. The molecule has 0 radical (unpaired) electrons. The van der Waals surface area contributed by atoms with Crippen molar-refractivity contribution in [2.45, 2.75) is 46.2 Å². The average Bonchev–Trinajstić information content (AvgIpc) is 2.91. The van der Waals surface area contributed by atoms with Crippen molar-refractivity contribution in [1.29, 1.82) is 0 Å². The number of carboxylic acid groups (broad SMARTS) is 1. The van der Waals surface area contributed by atoms with Gasteiger partial charge in [0.2, 0.25) is 5.91 Å². The van der Waals surface area contributed by atoms with Crippen LogP contribution in [-0.2, 0) is 29.0 Å². The van der Waals surface area contributed by atoms with Gasteiger partial charge < -0.3 is 14.5 Å². The molecule has 1 aliphatic rings. The molecule has 6 heteroatoms. The minimum absolute atomic E-state index is 0.151. The Hall–Kier alpha value is -2.63. The predicted octanol–water partition coefficient (Wildman–Crippen LogP) is 2.51. The Morgan fingerprint density at radius 2 is 2.00 bits per heavy atom. The zero-order valence-corrected chi connectivity index (χ0v) is 14.7. The van der Waals surface area contributed by atoms with Crippen LogP contribution >= 0.6 is 0 Å². The smallest absolute Gasteiger partial charge is 0.326 e. The second-order valence-corrected chi connectivity index (χ2v) is 6.70. The van der Waals surface area contributed by atoms with Crippen molar-refractivity contribution < 1.29 is 19.2 Å². The molecule has 0 saturated heterocycles. The van der Waals surface area contributed by atoms with Crippen LogP contribution in [0.4, 0.5) is 0 Å². The van der Waals surface area contributed by atoms with Crippen molar-refractivity contribution in [2.24, 2.45) is 5.92 Å². The molecule has 1 N–H and O–H groups in total. The van der Waals surface area contributed by atoms with Gasteiger partial charge in [-0.1, -0.05) is 36.3 Å². The lowest BCUT2D eigenvalue weighted by molar-refractivity contribution is -0.153. The Labute approximate surface area is 146 Å². The highest BCUT2D eigenvalue weighted by Gasteiger charge is 2.36. The maximum absolute atomic E-state index is 13.0. The van der Waals surface area contributed by atoms with Crippen LogP contribution in [0.1, 0.15) is 35.1 Å². The molecule has 2 aromatic rings. The van der Waals surface area contributed by atoms with Crippen LogP contribution in [-0.4, -0.2) is 33.1 Å². The molecule has 6 nitrogen and oxygen atoms in total. The normalized spacial score (nSPS) is 17.9. The Morgan fingerprint density at radius 1 is 1.32 bits per heavy atom. The number of fused-ring (bicyclic) bond motifs is 1. The van der Waals surface area contributed by atoms with E-state index in [2.05, 4.69) is 5.16 Å². The Bertz CT molecular complexity index is 792. The van der Waals surface area contributed by atoms with Gasteiger partial charge in [-0.25, -0.2) is 4.79 Å². The van der Waals surface area contributed by atoms with E-state index in [9.17, 15) is 14.7 Å². The third-order valence-electron chi connectivity index (χ3n) is 4.93. The molecule has 0 saturated carbocycles. The highest BCUT2D eigenvalue weighted by Crippen LogP contribution is 2.26. The zero-order chi connectivity index (χ0) is 18.1. The van der Waals surface area contributed by atoms with Crippen molar-refractivity contribution >= 4 is 11.9 Å². The van der Waals surface area contributed by atoms with Crippen molar-refractivity contribution in [3.05, 3.63) is 52.4 Å². The largest absolute Gasteiger partial charge is 0.480 e. The van der Waals surface area contributed by atoms with Crippen LogP contribution in [0.15, 0.2) is 28.8 Å². The van der Waals surface area contributed by atoms with Crippen LogP contribution in [0.25, 0.3) is 0 Å². The third kappa shape index (κ3) is 3.29. The summed E-state index contributed by atoms with van der Waals surface area (Å²) in [6.07, 6.45) is 0.833. The zero-order valence-electron chi connectivity index (χ0n) is 14.7. The van der Waals surface area contributed by atoms with Gasteiger partial charge in [-0.3, -0.25) is 4.79 Å². The average molecular weight is 342 g/mol. The summed E-state index contributed by atoms with van der Waals surface area (Å²) in [5, 5.41) is 13.5. The second-order valence-electron chi connectivity index (χ2n) is 6.70. The molecule has 25 heavy (non-hydrogen) atoms. The van der Waals surface area contributed by atoms with Crippen molar-refractivity contribution in [3.63, 3.8) is 0 Å². The van der Waals surface area contributed by atoms with Gasteiger partial charge in [-0.05, 0) is 31.4 Å². The van der Waals surface area contributed by atoms with Gasteiger partial charge in [-0.2, -0.15) is 0 Å². The van der Waals surface area contributed by atoms with Gasteiger partial charge in [-0.15, -0.1) is 0 Å². The first-order chi connectivity index (χ1) is 11.9. The first-order valence-corrected chi connectivity index (χ1v) is 8.40. The number of benzene rings is 1. The van der Waals surface area contributed by atoms with Crippen LogP contribution in [0.5, 0.6) is 0 Å². The molecule has 1 aromatic heterocycles. The summed E-state index contributed by atoms with van der Waals surface area (Å²) < 4.78 is 5.16. The number of amides is 1. The van der Waals surface area contributed by atoms with Gasteiger partial charge in [0.05, 0.1) is 5.69 Å². The fourth-order valence-electron chi connectivity index (χ4n) is 3.45. The number of carboxylic acids is 1. The number of hydrogen-bond acceptors (Lipinski definition) is 4. The molecule has 0 aliphatic carbocycles. The summed E-state index contributed by atoms with van der Waals surface area (Å²) in [6, 6.07) is 6.87. The van der Waals surface area contributed by atoms with Crippen LogP contribution in [0.2, 0.25) is 0 Å². The lowest BCUT2D eigenvalue weighted by Crippen LogP contribution is -2.50. The van der Waals surface area contributed by atoms with Gasteiger partial charge >= 0.3 is 5.97 Å². The molecule has 1 aliphatic heterocycles. The number of aliphatic carboxylic acids is 1. The maximum Gasteiger partial charge on any atom is 0.326 e. The van der Waals surface area contributed by atoms with E-state index in [1.165, 1.54) is 4.90 Å². The first-order valence-electron chi connectivity index (χ1n) is 8.40. The molecule has 0 spiro atoms. The highest BCUT2D eigenvalue weighted by atomic mass is 16.5. The van der Waals surface area contributed by atoms with Crippen LogP contribution in [0, 0.1) is 19.8 Å². The standard InChI is InChI=1S/C19H22N2O4/c1-11(8-16-12(2)20-25-13(16)3)18(22)21-10-15-7-5-4-6-14(15)9-17(21)19(23)24/h4-7,11,17H,8-10H2,1-3H3,(H,23,24)/t11-,17+/m0/s1. The van der Waals surface area contributed by atoms with E-state index in [1.807, 2.05) is 45.0 Å². The number of nitrogens with zero attached hydrogens (tertiary/aromatic N) is 2. The van der Waals surface area contributed by atoms with E-state index in [4.69, 9.17) is 4.52 Å². The Morgan fingerprint density at radius 3 is 2.60 bits per heavy atom. The topological polar surface area (TPSA) is 83.6 Å². The second kappa shape index (κ2) is 6.70. The molecule has 2 heterocycles. The van der Waals surface area contributed by atoms with Gasteiger partial charge in [0, 0.05) is 24.4 Å². The molecule has 3 rings (SSSR count). The number of aromatic nitrogens is 1. The van der Waals surface area contributed by atoms with E-state index in [-0.39, 0.29) is 11.8 Å². The molecule has 132 valence electrons. The third-order valence-corrected chi connectivity index (χ3v) is 4.93. The molecule has 2 atom stereocenters. The summed E-state index contributed by atoms with van der Waals surface area (Å²) in [5.74, 6) is -0.755. The number of rotatable bonds is 4. The molecule has 0 fully saturated rings. The van der Waals surface area contributed by atoms with Gasteiger partial charge in [0.25, 0.3) is 0 Å². The van der Waals surface area contributed by atoms with E-state index in [1.54, 1.807) is 0 Å². The lowest BCUT2D eigenvalue weighted by atomic mass is 9.91. The fraction of sp³-hybridized carbons (Fsp3) is 0.421. The van der Waals surface area contributed by atoms with Gasteiger partial charge in [0.15, 0.2) is 0 Å². The van der Waals surface area contributed by atoms with E-state index >= 15 is 0 Å². The van der Waals surface area contributed by atoms with E-state index in [0.29, 0.717) is 25.1 Å². The summed E-state index contributed by atoms with van der Waals surface area (Å²) in [4.78, 5) is 26.2. The molecular weight excluding hydrogens is 320 g/mol. The fourth-order valence-corrected chi connectivity index (χ4v) is 3.45. The summed E-state index contributed by atoms with van der Waals surface area (Å²) >= 11 is 0. The van der Waals surface area contributed by atoms with E-state index < -0.39 is 12.0 Å². The lowest BCUT2D eigenvalue weighted by Gasteiger charge is -2.36. The summed E-state index contributed by atoms with van der Waals surface area (Å²) in [6.45, 7) is 5.83. The number of hydrogen-bond donors (Lipinski definition) is 1. The highest BCUT2D eigenvalue weighted by molar-refractivity contribution is 5.86. The minimum atomic E-state index is -0.965. The van der Waals surface area contributed by atoms with Crippen molar-refractivity contribution in [1.82, 2.24) is 10.1 Å². The summed E-state index contributed by atoms with van der Waals surface area (Å²) in [5.41, 5.74) is 3.70. The molecular formula is C19H22N2O4. The molecule has 0 unspecified atom stereocenters. The number of aryl methyl sites for hydroxylation is 2. The minimum Gasteiger partial charge on any atom is -0.480 e. The SMILES string of the molecule is Cc1noc(C)c1C[C@H](C)C(=O)N1Cc2ccccc2C[C@@H]1C(=O)O. The molecule has 1 aromatic carbocycles. The maximum atomic E-state index is 13.0. The van der Waals surface area contributed by atoms with Crippen LogP contribution in [0.3, 0.4) is 0 Å². The quantitative estimate of drug-likeness (QED) is 0.923. The number of carbonyl (C=O) groups excluding carboxylic acids is 1. The van der Waals surface area contributed by atoms with Gasteiger partial charge in [0.1, 0.15) is 11.8 Å². The molecule has 0 bridgehead atoms. The van der Waals surface area contributed by atoms with Crippen LogP contribution < -0.4 is 0 Å². The Kier molecular flexibility index (Phi) is 4.61. The predicted molar refractivity (Wildman–Crippen MR) is 91.0 cm³/mol. The Balaban J connectivity index is 1.83. The van der Waals surface area contributed by atoms with E-state index in [0.717, 1.165) is 22.4 Å².